The minimum atomic E-state index is -0.607. The van der Waals surface area contributed by atoms with Gasteiger partial charge in [-0.2, -0.15) is 0 Å². The summed E-state index contributed by atoms with van der Waals surface area (Å²) in [4.78, 5) is 30.2. The molecule has 0 spiro atoms. The van der Waals surface area contributed by atoms with Crippen molar-refractivity contribution in [2.24, 2.45) is 10.9 Å². The summed E-state index contributed by atoms with van der Waals surface area (Å²) in [6.07, 6.45) is 3.35. The van der Waals surface area contributed by atoms with Gasteiger partial charge in [0.05, 0.1) is 12.7 Å². The van der Waals surface area contributed by atoms with Gasteiger partial charge in [0.15, 0.2) is 0 Å². The summed E-state index contributed by atoms with van der Waals surface area (Å²) in [6.45, 7) is 2.95. The zero-order valence-electron chi connectivity index (χ0n) is 16.0. The Labute approximate surface area is 164 Å². The molecule has 1 saturated heterocycles. The Bertz CT molecular complexity index is 805. The first-order chi connectivity index (χ1) is 13.5. The number of nitrogens with zero attached hydrogens (tertiary/aromatic N) is 2. The number of hydrogen-bond donors (Lipinski definition) is 3. The number of aliphatic imine (C=N–C) groups is 1. The topological polar surface area (TPSA) is 103 Å². The maximum absolute atomic E-state index is 12.0. The fourth-order valence-electron chi connectivity index (χ4n) is 3.50. The van der Waals surface area contributed by atoms with Crippen LogP contribution in [0.25, 0.3) is 0 Å². The molecule has 0 radical (unpaired) electrons. The summed E-state index contributed by atoms with van der Waals surface area (Å²) in [5, 5.41) is 15.1. The molecular weight excluding hydrogens is 360 g/mol. The maximum atomic E-state index is 12.0. The van der Waals surface area contributed by atoms with E-state index in [0.717, 1.165) is 12.1 Å². The molecule has 2 aliphatic heterocycles. The number of carbonyl (C=O) groups is 2. The smallest absolute Gasteiger partial charge is 0.251 e. The number of carbonyl (C=O) groups excluding carboxylic acids is 2. The number of amides is 2. The van der Waals surface area contributed by atoms with E-state index in [1.54, 1.807) is 4.90 Å². The zero-order chi connectivity index (χ0) is 19.7. The lowest BCUT2D eigenvalue weighted by atomic mass is 10.1. The molecule has 28 heavy (non-hydrogen) atoms. The lowest BCUT2D eigenvalue weighted by Gasteiger charge is -2.28. The zero-order valence-corrected chi connectivity index (χ0v) is 16.0. The van der Waals surface area contributed by atoms with Gasteiger partial charge < -0.3 is 20.1 Å². The van der Waals surface area contributed by atoms with Crippen molar-refractivity contribution in [3.8, 4) is 5.75 Å². The van der Waals surface area contributed by atoms with Crippen molar-refractivity contribution in [3.05, 3.63) is 23.8 Å². The highest BCUT2D eigenvalue weighted by atomic mass is 16.5. The lowest BCUT2D eigenvalue weighted by Crippen LogP contribution is -2.39. The van der Waals surface area contributed by atoms with Crippen molar-refractivity contribution in [2.45, 2.75) is 51.3 Å². The number of aliphatic hydroxyl groups excluding tert-OH is 1. The molecule has 8 nitrogen and oxygen atoms in total. The third kappa shape index (κ3) is 3.96. The number of para-hydroxylation sites is 1. The van der Waals surface area contributed by atoms with Crippen molar-refractivity contribution >= 4 is 23.5 Å². The SMILES string of the molecule is CC(CCC(=O)NCC1CC1)Oc1cccc2c1N=C1NC(=O)C(CO)N1C2. The highest BCUT2D eigenvalue weighted by molar-refractivity contribution is 6.08. The molecule has 3 aliphatic rings. The molecule has 1 aromatic rings. The first-order valence-electron chi connectivity index (χ1n) is 9.87. The van der Waals surface area contributed by atoms with E-state index >= 15 is 0 Å². The predicted molar refractivity (Wildman–Crippen MR) is 103 cm³/mol. The second kappa shape index (κ2) is 7.79. The highest BCUT2D eigenvalue weighted by Crippen LogP contribution is 2.37. The van der Waals surface area contributed by atoms with Crippen LogP contribution in [-0.4, -0.2) is 53.1 Å². The molecule has 2 heterocycles. The number of rotatable bonds is 8. The molecule has 1 saturated carbocycles. The van der Waals surface area contributed by atoms with E-state index in [2.05, 4.69) is 15.6 Å². The molecule has 0 aromatic heterocycles. The van der Waals surface area contributed by atoms with Gasteiger partial charge in [0.25, 0.3) is 5.91 Å². The van der Waals surface area contributed by atoms with E-state index in [9.17, 15) is 14.7 Å². The number of aliphatic hydroxyl groups is 1. The molecule has 2 fully saturated rings. The average molecular weight is 386 g/mol. The Morgan fingerprint density at radius 2 is 2.29 bits per heavy atom. The van der Waals surface area contributed by atoms with Crippen LogP contribution >= 0.6 is 0 Å². The standard InChI is InChI=1S/C20H26N4O4/c1-12(5-8-17(26)21-9-13-6-7-13)28-16-4-2-3-14-10-24-15(11-25)19(27)23-20(24)22-18(14)16/h2-4,12-13,15,25H,5-11H2,1H3,(H,21,26)(H,22,23,27). The van der Waals surface area contributed by atoms with Gasteiger partial charge in [-0.15, -0.1) is 0 Å². The largest absolute Gasteiger partial charge is 0.488 e. The van der Waals surface area contributed by atoms with Crippen molar-refractivity contribution in [3.63, 3.8) is 0 Å². The van der Waals surface area contributed by atoms with Crippen molar-refractivity contribution in [1.29, 1.82) is 0 Å². The van der Waals surface area contributed by atoms with Gasteiger partial charge in [-0.25, -0.2) is 4.99 Å². The van der Waals surface area contributed by atoms with E-state index in [1.807, 2.05) is 25.1 Å². The van der Waals surface area contributed by atoms with Crippen LogP contribution in [-0.2, 0) is 16.1 Å². The van der Waals surface area contributed by atoms with Gasteiger partial charge in [0, 0.05) is 25.1 Å². The number of hydrogen-bond acceptors (Lipinski definition) is 6. The van der Waals surface area contributed by atoms with E-state index in [0.29, 0.717) is 42.7 Å². The lowest BCUT2D eigenvalue weighted by molar-refractivity contribution is -0.123. The fourth-order valence-corrected chi connectivity index (χ4v) is 3.50. The molecule has 1 aliphatic carbocycles. The Balaban J connectivity index is 1.39. The minimum absolute atomic E-state index is 0.0667. The number of benzene rings is 1. The maximum Gasteiger partial charge on any atom is 0.251 e. The minimum Gasteiger partial charge on any atom is -0.488 e. The summed E-state index contributed by atoms with van der Waals surface area (Å²) in [5.74, 6) is 1.57. The second-order valence-electron chi connectivity index (χ2n) is 7.73. The van der Waals surface area contributed by atoms with E-state index in [1.165, 1.54) is 12.8 Å². The van der Waals surface area contributed by atoms with Crippen LogP contribution in [0.1, 0.15) is 38.2 Å². The van der Waals surface area contributed by atoms with E-state index in [4.69, 9.17) is 4.74 Å². The van der Waals surface area contributed by atoms with Gasteiger partial charge in [-0.05, 0) is 38.2 Å². The summed E-state index contributed by atoms with van der Waals surface area (Å²) in [7, 11) is 0. The van der Waals surface area contributed by atoms with Crippen LogP contribution in [0.3, 0.4) is 0 Å². The van der Waals surface area contributed by atoms with Crippen LogP contribution in [0, 0.1) is 5.92 Å². The summed E-state index contributed by atoms with van der Waals surface area (Å²) < 4.78 is 6.06. The molecule has 8 heteroatoms. The van der Waals surface area contributed by atoms with E-state index < -0.39 is 6.04 Å². The number of nitrogens with one attached hydrogen (secondary N) is 2. The van der Waals surface area contributed by atoms with Crippen LogP contribution < -0.4 is 15.4 Å². The average Bonchev–Trinajstić information content (AvgIpc) is 3.45. The molecular formula is C20H26N4O4. The summed E-state index contributed by atoms with van der Waals surface area (Å²) >= 11 is 0. The first kappa shape index (κ1) is 18.7. The molecule has 1 aromatic carbocycles. The molecule has 2 unspecified atom stereocenters. The number of fused-ring (bicyclic) bond motifs is 2. The normalized spacial score (nSPS) is 21.4. The first-order valence-corrected chi connectivity index (χ1v) is 9.87. The molecule has 0 bridgehead atoms. The Morgan fingerprint density at radius 1 is 1.46 bits per heavy atom. The van der Waals surface area contributed by atoms with Crippen molar-refractivity contribution < 1.29 is 19.4 Å². The van der Waals surface area contributed by atoms with Gasteiger partial charge in [-0.1, -0.05) is 12.1 Å². The van der Waals surface area contributed by atoms with Gasteiger partial charge in [0.2, 0.25) is 11.9 Å². The van der Waals surface area contributed by atoms with Gasteiger partial charge in [-0.3, -0.25) is 14.9 Å². The predicted octanol–water partition coefficient (Wildman–Crippen LogP) is 1.05. The van der Waals surface area contributed by atoms with Crippen molar-refractivity contribution in [2.75, 3.05) is 13.2 Å². The van der Waals surface area contributed by atoms with Gasteiger partial charge >= 0.3 is 0 Å². The molecule has 150 valence electrons. The number of ether oxygens (including phenoxy) is 1. The molecule has 2 atom stereocenters. The number of guanidine groups is 1. The Morgan fingerprint density at radius 3 is 3.04 bits per heavy atom. The van der Waals surface area contributed by atoms with E-state index in [-0.39, 0.29) is 24.5 Å². The molecule has 4 rings (SSSR count). The third-order valence-corrected chi connectivity index (χ3v) is 5.39. The summed E-state index contributed by atoms with van der Waals surface area (Å²) in [6, 6.07) is 5.07. The molecule has 3 N–H and O–H groups in total. The van der Waals surface area contributed by atoms with Crippen LogP contribution in [0.5, 0.6) is 5.75 Å². The summed E-state index contributed by atoms with van der Waals surface area (Å²) in [5.41, 5.74) is 1.63. The fraction of sp³-hybridized carbons (Fsp3) is 0.550. The second-order valence-corrected chi connectivity index (χ2v) is 7.73. The van der Waals surface area contributed by atoms with Crippen LogP contribution in [0.2, 0.25) is 0 Å². The Kier molecular flexibility index (Phi) is 5.21. The highest BCUT2D eigenvalue weighted by Gasteiger charge is 2.39. The van der Waals surface area contributed by atoms with Crippen molar-refractivity contribution in [1.82, 2.24) is 15.5 Å². The Hall–Kier alpha value is -2.61. The quantitative estimate of drug-likeness (QED) is 0.620. The molecule has 2 amide bonds. The third-order valence-electron chi connectivity index (χ3n) is 5.39. The van der Waals surface area contributed by atoms with Crippen LogP contribution in [0.15, 0.2) is 23.2 Å². The van der Waals surface area contributed by atoms with Crippen LogP contribution in [0.4, 0.5) is 5.69 Å². The monoisotopic (exact) mass is 386 g/mol. The van der Waals surface area contributed by atoms with Gasteiger partial charge in [0.1, 0.15) is 17.5 Å².